The molecule has 0 radical (unpaired) electrons. The molecule has 0 saturated carbocycles. The van der Waals surface area contributed by atoms with Gasteiger partial charge in [0.1, 0.15) is 0 Å². The summed E-state index contributed by atoms with van der Waals surface area (Å²) in [5.74, 6) is 0. The third-order valence-electron chi connectivity index (χ3n) is 8.41. The van der Waals surface area contributed by atoms with Gasteiger partial charge in [0.05, 0.1) is 17.0 Å². The van der Waals surface area contributed by atoms with Crippen molar-refractivity contribution in [3.05, 3.63) is 154 Å². The first-order valence-electron chi connectivity index (χ1n) is 12.5. The summed E-state index contributed by atoms with van der Waals surface area (Å²) in [6, 6.07) is 44.0. The smallest absolute Gasteiger partial charge is 0.0998 e. The van der Waals surface area contributed by atoms with Crippen LogP contribution in [0, 0.1) is 11.3 Å². The molecule has 0 aliphatic heterocycles. The van der Waals surface area contributed by atoms with Crippen molar-refractivity contribution in [2.45, 2.75) is 24.7 Å². The molecule has 0 amide bonds. The summed E-state index contributed by atoms with van der Waals surface area (Å²) < 4.78 is 0. The van der Waals surface area contributed by atoms with Crippen LogP contribution in [0.5, 0.6) is 0 Å². The lowest BCUT2D eigenvalue weighted by molar-refractivity contribution is 0.563. The number of rotatable bonds is 1. The van der Waals surface area contributed by atoms with Crippen LogP contribution >= 0.6 is 0 Å². The molecule has 0 unspecified atom stereocenters. The second-order valence-electron chi connectivity index (χ2n) is 10.4. The van der Waals surface area contributed by atoms with Gasteiger partial charge in [-0.3, -0.25) is 0 Å². The minimum Gasteiger partial charge on any atom is -0.192 e. The fraction of sp³-hybridized carbons (Fsp3) is 0.114. The van der Waals surface area contributed by atoms with E-state index < -0.39 is 5.41 Å². The molecule has 7 rings (SSSR count). The van der Waals surface area contributed by atoms with E-state index in [9.17, 15) is 5.26 Å². The Morgan fingerprint density at radius 1 is 0.500 bits per heavy atom. The Labute approximate surface area is 212 Å². The number of hydrogen-bond donors (Lipinski definition) is 0. The minimum atomic E-state index is -0.410. The Balaban J connectivity index is 1.67. The quantitative estimate of drug-likeness (QED) is 0.243. The molecule has 5 aromatic rings. The van der Waals surface area contributed by atoms with E-state index in [4.69, 9.17) is 0 Å². The Hall–Kier alpha value is -4.41. The van der Waals surface area contributed by atoms with Crippen LogP contribution in [0.15, 0.2) is 115 Å². The molecule has 0 saturated heterocycles. The lowest BCUT2D eigenvalue weighted by Gasteiger charge is -2.46. The molecule has 1 nitrogen and oxygen atoms in total. The second-order valence-corrected chi connectivity index (χ2v) is 10.4. The second kappa shape index (κ2) is 7.30. The highest BCUT2D eigenvalue weighted by atomic mass is 14.5. The van der Waals surface area contributed by atoms with Crippen LogP contribution in [0.2, 0.25) is 0 Å². The summed E-state index contributed by atoms with van der Waals surface area (Å²) >= 11 is 0. The fourth-order valence-corrected chi connectivity index (χ4v) is 6.86. The summed E-state index contributed by atoms with van der Waals surface area (Å²) in [6.07, 6.45) is 0. The lowest BCUT2D eigenvalue weighted by Crippen LogP contribution is -2.40. The maximum Gasteiger partial charge on any atom is 0.0998 e. The SMILES string of the molecule is CC1(C)c2ccccc2C2(c3ccccc3-c3ccccc32)c2cc(-c3ccccc3C#N)ccc21. The highest BCUT2D eigenvalue weighted by Crippen LogP contribution is 2.62. The van der Waals surface area contributed by atoms with Crippen molar-refractivity contribution in [2.75, 3.05) is 0 Å². The first-order chi connectivity index (χ1) is 17.6. The first-order valence-corrected chi connectivity index (χ1v) is 12.5. The van der Waals surface area contributed by atoms with Gasteiger partial charge in [-0.05, 0) is 67.8 Å². The summed E-state index contributed by atoms with van der Waals surface area (Å²) in [5.41, 5.74) is 12.9. The summed E-state index contributed by atoms with van der Waals surface area (Å²) in [6.45, 7) is 4.68. The van der Waals surface area contributed by atoms with E-state index in [0.29, 0.717) is 5.56 Å². The Kier molecular flexibility index (Phi) is 4.24. The van der Waals surface area contributed by atoms with Gasteiger partial charge in [-0.2, -0.15) is 5.26 Å². The van der Waals surface area contributed by atoms with Gasteiger partial charge in [0.15, 0.2) is 0 Å². The van der Waals surface area contributed by atoms with Crippen LogP contribution in [0.3, 0.4) is 0 Å². The zero-order valence-electron chi connectivity index (χ0n) is 20.4. The number of nitriles is 1. The van der Waals surface area contributed by atoms with Crippen molar-refractivity contribution in [1.82, 2.24) is 0 Å². The number of benzene rings is 5. The Bertz CT molecular complexity index is 1680. The topological polar surface area (TPSA) is 23.8 Å². The number of nitrogens with zero attached hydrogens (tertiary/aromatic N) is 1. The van der Waals surface area contributed by atoms with Gasteiger partial charge >= 0.3 is 0 Å². The van der Waals surface area contributed by atoms with Gasteiger partial charge in [0, 0.05) is 5.41 Å². The molecule has 170 valence electrons. The van der Waals surface area contributed by atoms with E-state index in [2.05, 4.69) is 117 Å². The molecule has 0 atom stereocenters. The molecule has 2 aliphatic carbocycles. The van der Waals surface area contributed by atoms with Crippen molar-refractivity contribution in [1.29, 1.82) is 5.26 Å². The Morgan fingerprint density at radius 2 is 1.00 bits per heavy atom. The van der Waals surface area contributed by atoms with Gasteiger partial charge in [0.2, 0.25) is 0 Å². The average Bonchev–Trinajstić information content (AvgIpc) is 3.23. The fourth-order valence-electron chi connectivity index (χ4n) is 6.86. The van der Waals surface area contributed by atoms with E-state index in [1.165, 1.54) is 44.5 Å². The summed E-state index contributed by atoms with van der Waals surface area (Å²) in [5, 5.41) is 9.85. The van der Waals surface area contributed by atoms with Crippen molar-refractivity contribution in [3.63, 3.8) is 0 Å². The predicted octanol–water partition coefficient (Wildman–Crippen LogP) is 8.23. The van der Waals surface area contributed by atoms with E-state index in [1.807, 2.05) is 18.2 Å². The summed E-state index contributed by atoms with van der Waals surface area (Å²) in [4.78, 5) is 0. The molecular weight excluding hydrogens is 434 g/mol. The molecule has 0 aromatic heterocycles. The first kappa shape index (κ1) is 20.9. The maximum absolute atomic E-state index is 9.85. The van der Waals surface area contributed by atoms with Crippen LogP contribution in [0.25, 0.3) is 22.3 Å². The third kappa shape index (κ3) is 2.49. The Morgan fingerprint density at radius 3 is 1.64 bits per heavy atom. The highest BCUT2D eigenvalue weighted by molar-refractivity contribution is 5.89. The van der Waals surface area contributed by atoms with E-state index in [0.717, 1.165) is 11.1 Å². The van der Waals surface area contributed by atoms with Crippen LogP contribution in [-0.2, 0) is 10.8 Å². The molecule has 0 heterocycles. The van der Waals surface area contributed by atoms with Crippen LogP contribution in [0.1, 0.15) is 52.8 Å². The zero-order chi connectivity index (χ0) is 24.5. The zero-order valence-corrected chi connectivity index (χ0v) is 20.4. The standard InChI is InChI=1S/C35H25N/c1-34(2)30-17-9-10-18-32(30)35(28-15-7-5-13-26(28)27-14-6-8-16-29(27)35)33-21-23(19-20-31(33)34)25-12-4-3-11-24(25)22-36/h3-21H,1-2H3. The predicted molar refractivity (Wildman–Crippen MR) is 146 cm³/mol. The molecule has 36 heavy (non-hydrogen) atoms. The molecule has 0 fully saturated rings. The van der Waals surface area contributed by atoms with Crippen molar-refractivity contribution >= 4 is 0 Å². The van der Waals surface area contributed by atoms with E-state index in [-0.39, 0.29) is 5.41 Å². The third-order valence-corrected chi connectivity index (χ3v) is 8.41. The molecule has 1 spiro atoms. The number of fused-ring (bicyclic) bond motifs is 9. The summed E-state index contributed by atoms with van der Waals surface area (Å²) in [7, 11) is 0. The van der Waals surface area contributed by atoms with E-state index >= 15 is 0 Å². The van der Waals surface area contributed by atoms with Crippen molar-refractivity contribution in [3.8, 4) is 28.3 Å². The molecule has 0 bridgehead atoms. The van der Waals surface area contributed by atoms with Crippen molar-refractivity contribution < 1.29 is 0 Å². The van der Waals surface area contributed by atoms with Crippen molar-refractivity contribution in [2.24, 2.45) is 0 Å². The van der Waals surface area contributed by atoms with Crippen LogP contribution < -0.4 is 0 Å². The maximum atomic E-state index is 9.85. The molecular formula is C35H25N. The van der Waals surface area contributed by atoms with Gasteiger partial charge < -0.3 is 0 Å². The van der Waals surface area contributed by atoms with Gasteiger partial charge in [-0.1, -0.05) is 117 Å². The molecule has 5 aromatic carbocycles. The van der Waals surface area contributed by atoms with E-state index in [1.54, 1.807) is 0 Å². The van der Waals surface area contributed by atoms with Gasteiger partial charge in [0.25, 0.3) is 0 Å². The highest BCUT2D eigenvalue weighted by Gasteiger charge is 2.53. The average molecular weight is 460 g/mol. The minimum absolute atomic E-state index is 0.156. The van der Waals surface area contributed by atoms with Crippen LogP contribution in [0.4, 0.5) is 0 Å². The lowest BCUT2D eigenvalue weighted by atomic mass is 9.55. The monoisotopic (exact) mass is 459 g/mol. The number of hydrogen-bond acceptors (Lipinski definition) is 1. The molecule has 0 N–H and O–H groups in total. The molecule has 2 aliphatic rings. The van der Waals surface area contributed by atoms with Crippen LogP contribution in [-0.4, -0.2) is 0 Å². The molecule has 1 heteroatoms. The normalized spacial score (nSPS) is 15.4. The largest absolute Gasteiger partial charge is 0.192 e. The van der Waals surface area contributed by atoms with Gasteiger partial charge in [-0.15, -0.1) is 0 Å². The van der Waals surface area contributed by atoms with Gasteiger partial charge in [-0.25, -0.2) is 0 Å².